The van der Waals surface area contributed by atoms with E-state index in [0.717, 1.165) is 6.54 Å². The second kappa shape index (κ2) is 8.09. The zero-order valence-corrected chi connectivity index (χ0v) is 11.3. The first-order valence-corrected chi connectivity index (χ1v) is 6.71. The first-order chi connectivity index (χ1) is 8.63. The van der Waals surface area contributed by atoms with E-state index < -0.39 is 5.83 Å². The predicted octanol–water partition coefficient (Wildman–Crippen LogP) is 3.72. The Balaban J connectivity index is 2.35. The lowest BCUT2D eigenvalue weighted by molar-refractivity contribution is 0.125. The molecule has 102 valence electrons. The number of halogens is 1. The Morgan fingerprint density at radius 3 is 2.89 bits per heavy atom. The Labute approximate surface area is 110 Å². The molecule has 0 aromatic rings. The number of hydrogen-bond acceptors (Lipinski definition) is 2. The molecule has 0 aromatic heterocycles. The van der Waals surface area contributed by atoms with Crippen LogP contribution < -0.4 is 5.32 Å². The highest BCUT2D eigenvalue weighted by atomic mass is 19.1. The molecule has 2 atom stereocenters. The molecular formula is C15H24FNO. The van der Waals surface area contributed by atoms with E-state index in [1.165, 1.54) is 37.8 Å². The Morgan fingerprint density at radius 2 is 2.22 bits per heavy atom. The quantitative estimate of drug-likeness (QED) is 0.551. The molecular weight excluding hydrogens is 229 g/mol. The summed E-state index contributed by atoms with van der Waals surface area (Å²) in [7, 11) is 0. The van der Waals surface area contributed by atoms with Crippen molar-refractivity contribution in [2.45, 2.75) is 38.6 Å². The molecule has 0 aliphatic carbocycles. The van der Waals surface area contributed by atoms with Crippen LogP contribution in [0.2, 0.25) is 0 Å². The molecule has 1 N–H and O–H groups in total. The van der Waals surface area contributed by atoms with Crippen LogP contribution in [-0.2, 0) is 4.74 Å². The van der Waals surface area contributed by atoms with Crippen molar-refractivity contribution >= 4 is 0 Å². The molecule has 2 unspecified atom stereocenters. The number of allylic oxidation sites excluding steroid dienone is 3. The minimum Gasteiger partial charge on any atom is -0.494 e. The van der Waals surface area contributed by atoms with Crippen molar-refractivity contribution in [2.24, 2.45) is 5.92 Å². The standard InChI is InChI=1S/C15H24FNO/c1-4-6-15-14(7-5-10-17-15)11-18-13(3)9-8-12(2)16/h8-9,14-15,17H,2-7,10-11H2,1H3/b9-8-. The van der Waals surface area contributed by atoms with Gasteiger partial charge in [0.05, 0.1) is 6.61 Å². The average molecular weight is 253 g/mol. The molecule has 0 radical (unpaired) electrons. The van der Waals surface area contributed by atoms with Gasteiger partial charge >= 0.3 is 0 Å². The van der Waals surface area contributed by atoms with Gasteiger partial charge in [-0.3, -0.25) is 0 Å². The number of ether oxygens (including phenoxy) is 1. The predicted molar refractivity (Wildman–Crippen MR) is 73.9 cm³/mol. The van der Waals surface area contributed by atoms with E-state index in [9.17, 15) is 4.39 Å². The van der Waals surface area contributed by atoms with Crippen molar-refractivity contribution in [3.8, 4) is 0 Å². The SMILES string of the molecule is C=C(F)/C=C\C(=C)OCC1CCCNC1CCC. The summed E-state index contributed by atoms with van der Waals surface area (Å²) < 4.78 is 18.0. The number of piperidine rings is 1. The molecule has 3 heteroatoms. The van der Waals surface area contributed by atoms with Crippen LogP contribution >= 0.6 is 0 Å². The molecule has 0 amide bonds. The molecule has 0 bridgehead atoms. The normalized spacial score (nSPS) is 24.1. The van der Waals surface area contributed by atoms with Gasteiger partial charge in [-0.1, -0.05) is 26.5 Å². The average Bonchev–Trinajstić information content (AvgIpc) is 2.35. The van der Waals surface area contributed by atoms with E-state index in [1.807, 2.05) is 0 Å². The van der Waals surface area contributed by atoms with Crippen molar-refractivity contribution < 1.29 is 9.13 Å². The summed E-state index contributed by atoms with van der Waals surface area (Å²) in [6.45, 7) is 10.8. The highest BCUT2D eigenvalue weighted by molar-refractivity contribution is 5.16. The van der Waals surface area contributed by atoms with Gasteiger partial charge in [-0.15, -0.1) is 0 Å². The van der Waals surface area contributed by atoms with E-state index in [2.05, 4.69) is 25.4 Å². The maximum atomic E-state index is 12.4. The van der Waals surface area contributed by atoms with Crippen LogP contribution in [-0.4, -0.2) is 19.2 Å². The van der Waals surface area contributed by atoms with Crippen LogP contribution in [0.5, 0.6) is 0 Å². The minimum absolute atomic E-state index is 0.483. The molecule has 18 heavy (non-hydrogen) atoms. The van der Waals surface area contributed by atoms with Gasteiger partial charge in [-0.25, -0.2) is 4.39 Å². The number of nitrogens with one attached hydrogen (secondary N) is 1. The van der Waals surface area contributed by atoms with Crippen LogP contribution in [0, 0.1) is 5.92 Å². The van der Waals surface area contributed by atoms with Crippen molar-refractivity contribution in [2.75, 3.05) is 13.2 Å². The van der Waals surface area contributed by atoms with Crippen LogP contribution in [0.15, 0.2) is 36.9 Å². The van der Waals surface area contributed by atoms with Gasteiger partial charge in [-0.2, -0.15) is 0 Å². The van der Waals surface area contributed by atoms with Gasteiger partial charge in [-0.05, 0) is 38.0 Å². The third-order valence-electron chi connectivity index (χ3n) is 3.26. The summed E-state index contributed by atoms with van der Waals surface area (Å²) in [6, 6.07) is 0.539. The fourth-order valence-corrected chi connectivity index (χ4v) is 2.31. The summed E-state index contributed by atoms with van der Waals surface area (Å²) in [5.41, 5.74) is 0. The van der Waals surface area contributed by atoms with Crippen LogP contribution in [0.1, 0.15) is 32.6 Å². The van der Waals surface area contributed by atoms with Gasteiger partial charge in [0.2, 0.25) is 0 Å². The van der Waals surface area contributed by atoms with E-state index in [1.54, 1.807) is 0 Å². The van der Waals surface area contributed by atoms with Crippen LogP contribution in [0.25, 0.3) is 0 Å². The van der Waals surface area contributed by atoms with Crippen molar-refractivity contribution in [3.05, 3.63) is 36.9 Å². The lowest BCUT2D eigenvalue weighted by Crippen LogP contribution is -2.43. The fraction of sp³-hybridized carbons (Fsp3) is 0.600. The first kappa shape index (κ1) is 15.0. The van der Waals surface area contributed by atoms with Crippen molar-refractivity contribution in [1.29, 1.82) is 0 Å². The van der Waals surface area contributed by atoms with Crippen molar-refractivity contribution in [1.82, 2.24) is 5.32 Å². The van der Waals surface area contributed by atoms with Gasteiger partial charge in [0.25, 0.3) is 0 Å². The van der Waals surface area contributed by atoms with E-state index in [0.29, 0.717) is 24.3 Å². The fourth-order valence-electron chi connectivity index (χ4n) is 2.31. The third-order valence-corrected chi connectivity index (χ3v) is 3.26. The Kier molecular flexibility index (Phi) is 6.73. The van der Waals surface area contributed by atoms with Gasteiger partial charge in [0.15, 0.2) is 0 Å². The summed E-state index contributed by atoms with van der Waals surface area (Å²) in [5, 5.41) is 3.54. The smallest absolute Gasteiger partial charge is 0.116 e. The lowest BCUT2D eigenvalue weighted by Gasteiger charge is -2.32. The molecule has 1 aliphatic rings. The second-order valence-corrected chi connectivity index (χ2v) is 4.81. The van der Waals surface area contributed by atoms with Gasteiger partial charge in [0, 0.05) is 12.0 Å². The second-order valence-electron chi connectivity index (χ2n) is 4.81. The number of hydrogen-bond donors (Lipinski definition) is 1. The molecule has 1 rings (SSSR count). The lowest BCUT2D eigenvalue weighted by atomic mass is 9.89. The molecule has 0 aromatic carbocycles. The zero-order chi connectivity index (χ0) is 13.4. The molecule has 1 aliphatic heterocycles. The Hall–Kier alpha value is -1.09. The monoisotopic (exact) mass is 253 g/mol. The number of rotatable bonds is 7. The van der Waals surface area contributed by atoms with Gasteiger partial charge < -0.3 is 10.1 Å². The van der Waals surface area contributed by atoms with E-state index in [-0.39, 0.29) is 0 Å². The first-order valence-electron chi connectivity index (χ1n) is 6.71. The summed E-state index contributed by atoms with van der Waals surface area (Å²) in [6.07, 6.45) is 7.52. The van der Waals surface area contributed by atoms with Crippen molar-refractivity contribution in [3.63, 3.8) is 0 Å². The molecule has 1 fully saturated rings. The van der Waals surface area contributed by atoms with E-state index >= 15 is 0 Å². The highest BCUT2D eigenvalue weighted by Crippen LogP contribution is 2.21. The van der Waals surface area contributed by atoms with Crippen LogP contribution in [0.3, 0.4) is 0 Å². The maximum Gasteiger partial charge on any atom is 0.116 e. The third kappa shape index (κ3) is 5.50. The molecule has 2 nitrogen and oxygen atoms in total. The summed E-state index contributed by atoms with van der Waals surface area (Å²) >= 11 is 0. The topological polar surface area (TPSA) is 21.3 Å². The Bertz CT molecular complexity index is 310. The maximum absolute atomic E-state index is 12.4. The summed E-state index contributed by atoms with van der Waals surface area (Å²) in [5.74, 6) is 0.537. The Morgan fingerprint density at radius 1 is 1.44 bits per heavy atom. The molecule has 1 heterocycles. The van der Waals surface area contributed by atoms with Crippen LogP contribution in [0.4, 0.5) is 4.39 Å². The molecule has 0 spiro atoms. The molecule has 0 saturated carbocycles. The van der Waals surface area contributed by atoms with E-state index in [4.69, 9.17) is 4.74 Å². The molecule has 1 saturated heterocycles. The highest BCUT2D eigenvalue weighted by Gasteiger charge is 2.24. The zero-order valence-electron chi connectivity index (χ0n) is 11.3. The largest absolute Gasteiger partial charge is 0.494 e. The van der Waals surface area contributed by atoms with Gasteiger partial charge in [0.1, 0.15) is 11.6 Å². The summed E-state index contributed by atoms with van der Waals surface area (Å²) in [4.78, 5) is 0. The minimum atomic E-state index is -0.483.